The maximum Gasteiger partial charge on any atom is 0.225 e. The van der Waals surface area contributed by atoms with Crippen molar-refractivity contribution in [3.63, 3.8) is 0 Å². The molecule has 0 fully saturated rings. The Bertz CT molecular complexity index is 326. The van der Waals surface area contributed by atoms with Crippen LogP contribution in [0.25, 0.3) is 0 Å². The molecule has 1 aromatic rings. The standard InChI is InChI=1S/C12H21N3O2S/c1-2-8-17-11-4-5-13-12(15-11)14-6-10-18-9-3-7-16/h4-5,16H,2-3,6-10H2,1H3,(H,13,14,15). The highest BCUT2D eigenvalue weighted by atomic mass is 32.2. The van der Waals surface area contributed by atoms with Crippen LogP contribution < -0.4 is 10.1 Å². The number of nitrogens with zero attached hydrogens (tertiary/aromatic N) is 2. The van der Waals surface area contributed by atoms with Crippen molar-refractivity contribution in [2.24, 2.45) is 0 Å². The molecular formula is C12H21N3O2S. The Morgan fingerprint density at radius 3 is 3.11 bits per heavy atom. The van der Waals surface area contributed by atoms with Crippen molar-refractivity contribution in [3.05, 3.63) is 12.3 Å². The van der Waals surface area contributed by atoms with Crippen LogP contribution in [0.4, 0.5) is 5.95 Å². The normalized spacial score (nSPS) is 10.3. The van der Waals surface area contributed by atoms with E-state index in [-0.39, 0.29) is 6.61 Å². The van der Waals surface area contributed by atoms with Gasteiger partial charge >= 0.3 is 0 Å². The van der Waals surface area contributed by atoms with Crippen molar-refractivity contribution in [1.82, 2.24) is 9.97 Å². The molecule has 0 bridgehead atoms. The quantitative estimate of drug-likeness (QED) is 0.632. The summed E-state index contributed by atoms with van der Waals surface area (Å²) < 4.78 is 5.43. The van der Waals surface area contributed by atoms with Crippen molar-refractivity contribution in [1.29, 1.82) is 0 Å². The van der Waals surface area contributed by atoms with Gasteiger partial charge in [0.1, 0.15) is 0 Å². The highest BCUT2D eigenvalue weighted by molar-refractivity contribution is 7.99. The Morgan fingerprint density at radius 2 is 2.33 bits per heavy atom. The number of aliphatic hydroxyl groups is 1. The van der Waals surface area contributed by atoms with Gasteiger partial charge in [-0.05, 0) is 18.6 Å². The summed E-state index contributed by atoms with van der Waals surface area (Å²) >= 11 is 1.81. The lowest BCUT2D eigenvalue weighted by Crippen LogP contribution is -2.08. The fourth-order valence-corrected chi connectivity index (χ4v) is 2.00. The first-order valence-electron chi connectivity index (χ1n) is 6.25. The van der Waals surface area contributed by atoms with Crippen LogP contribution in [0.15, 0.2) is 12.3 Å². The summed E-state index contributed by atoms with van der Waals surface area (Å²) in [5, 5.41) is 11.8. The lowest BCUT2D eigenvalue weighted by atomic mass is 10.5. The number of anilines is 1. The van der Waals surface area contributed by atoms with E-state index in [2.05, 4.69) is 22.2 Å². The number of rotatable bonds is 10. The van der Waals surface area contributed by atoms with Crippen molar-refractivity contribution in [3.8, 4) is 5.88 Å². The molecule has 1 aromatic heterocycles. The highest BCUT2D eigenvalue weighted by Crippen LogP contribution is 2.09. The third-order valence-corrected chi connectivity index (χ3v) is 3.13. The van der Waals surface area contributed by atoms with Gasteiger partial charge in [-0.3, -0.25) is 0 Å². The van der Waals surface area contributed by atoms with Gasteiger partial charge < -0.3 is 15.2 Å². The van der Waals surface area contributed by atoms with Crippen LogP contribution in [0, 0.1) is 0 Å². The fourth-order valence-electron chi connectivity index (χ4n) is 1.22. The van der Waals surface area contributed by atoms with Gasteiger partial charge in [-0.15, -0.1) is 0 Å². The molecule has 18 heavy (non-hydrogen) atoms. The largest absolute Gasteiger partial charge is 0.478 e. The summed E-state index contributed by atoms with van der Waals surface area (Å²) in [7, 11) is 0. The third kappa shape index (κ3) is 6.66. The maximum absolute atomic E-state index is 8.64. The summed E-state index contributed by atoms with van der Waals surface area (Å²) in [6, 6.07) is 1.76. The third-order valence-electron chi connectivity index (χ3n) is 2.06. The molecule has 0 spiro atoms. The number of aliphatic hydroxyl groups excluding tert-OH is 1. The number of ether oxygens (including phenoxy) is 1. The second-order valence-corrected chi connectivity index (χ2v) is 4.91. The Balaban J connectivity index is 2.20. The van der Waals surface area contributed by atoms with Gasteiger partial charge in [0.15, 0.2) is 0 Å². The predicted molar refractivity (Wildman–Crippen MR) is 75.3 cm³/mol. The topological polar surface area (TPSA) is 67.3 Å². The number of aromatic nitrogens is 2. The molecule has 0 aliphatic rings. The predicted octanol–water partition coefficient (Wildman–Crippen LogP) is 1.79. The number of hydrogen-bond donors (Lipinski definition) is 2. The fraction of sp³-hybridized carbons (Fsp3) is 0.667. The lowest BCUT2D eigenvalue weighted by molar-refractivity contribution is 0.296. The van der Waals surface area contributed by atoms with Gasteiger partial charge in [0.2, 0.25) is 11.8 Å². The molecule has 0 aromatic carbocycles. The van der Waals surface area contributed by atoms with Crippen LogP contribution in [0.3, 0.4) is 0 Å². The van der Waals surface area contributed by atoms with Crippen LogP contribution in [0.1, 0.15) is 19.8 Å². The van der Waals surface area contributed by atoms with E-state index in [9.17, 15) is 0 Å². The Hall–Kier alpha value is -1.01. The average Bonchev–Trinajstić information content (AvgIpc) is 2.41. The number of nitrogens with one attached hydrogen (secondary N) is 1. The van der Waals surface area contributed by atoms with Gasteiger partial charge in [0.25, 0.3) is 0 Å². The van der Waals surface area contributed by atoms with Gasteiger partial charge in [-0.1, -0.05) is 6.92 Å². The molecule has 0 radical (unpaired) electrons. The first-order valence-corrected chi connectivity index (χ1v) is 7.40. The van der Waals surface area contributed by atoms with Crippen LogP contribution >= 0.6 is 11.8 Å². The smallest absolute Gasteiger partial charge is 0.225 e. The number of hydrogen-bond acceptors (Lipinski definition) is 6. The molecule has 0 saturated heterocycles. The molecule has 0 aliphatic heterocycles. The zero-order valence-corrected chi connectivity index (χ0v) is 11.6. The second kappa shape index (κ2) is 9.96. The maximum atomic E-state index is 8.64. The summed E-state index contributed by atoms with van der Waals surface area (Å²) in [6.07, 6.45) is 3.51. The summed E-state index contributed by atoms with van der Waals surface area (Å²) in [5.41, 5.74) is 0. The average molecular weight is 271 g/mol. The van der Waals surface area contributed by atoms with Crippen LogP contribution in [0.2, 0.25) is 0 Å². The minimum atomic E-state index is 0.264. The molecule has 1 heterocycles. The Morgan fingerprint density at radius 1 is 1.44 bits per heavy atom. The highest BCUT2D eigenvalue weighted by Gasteiger charge is 1.99. The van der Waals surface area contributed by atoms with E-state index in [0.29, 0.717) is 18.4 Å². The summed E-state index contributed by atoms with van der Waals surface area (Å²) in [5.74, 6) is 3.18. The second-order valence-electron chi connectivity index (χ2n) is 3.68. The molecule has 6 heteroatoms. The lowest BCUT2D eigenvalue weighted by Gasteiger charge is -2.07. The van der Waals surface area contributed by atoms with Gasteiger partial charge in [0, 0.05) is 31.2 Å². The molecular weight excluding hydrogens is 250 g/mol. The molecule has 0 aliphatic carbocycles. The zero-order chi connectivity index (χ0) is 13.1. The molecule has 1 rings (SSSR count). The van der Waals surface area contributed by atoms with Crippen LogP contribution in [-0.2, 0) is 0 Å². The number of thioether (sulfide) groups is 1. The molecule has 102 valence electrons. The summed E-state index contributed by atoms with van der Waals surface area (Å²) in [4.78, 5) is 8.38. The first kappa shape index (κ1) is 15.0. The zero-order valence-electron chi connectivity index (χ0n) is 10.8. The van der Waals surface area contributed by atoms with Crippen molar-refractivity contribution in [2.75, 3.05) is 36.6 Å². The Labute approximate surface area is 112 Å². The van der Waals surface area contributed by atoms with E-state index < -0.39 is 0 Å². The summed E-state index contributed by atoms with van der Waals surface area (Å²) in [6.45, 7) is 3.81. The van der Waals surface area contributed by atoms with Gasteiger partial charge in [-0.25, -0.2) is 4.98 Å². The van der Waals surface area contributed by atoms with E-state index in [1.165, 1.54) is 0 Å². The van der Waals surface area contributed by atoms with E-state index >= 15 is 0 Å². The minimum Gasteiger partial charge on any atom is -0.478 e. The van der Waals surface area contributed by atoms with Crippen molar-refractivity contribution in [2.45, 2.75) is 19.8 Å². The molecule has 0 saturated carbocycles. The van der Waals surface area contributed by atoms with E-state index in [1.54, 1.807) is 24.0 Å². The SMILES string of the molecule is CCCOc1ccnc(NCCSCCCO)n1. The Kier molecular flexibility index (Phi) is 8.33. The minimum absolute atomic E-state index is 0.264. The van der Waals surface area contributed by atoms with Gasteiger partial charge in [0.05, 0.1) is 6.61 Å². The van der Waals surface area contributed by atoms with E-state index in [0.717, 1.165) is 30.9 Å². The van der Waals surface area contributed by atoms with E-state index in [1.807, 2.05) is 0 Å². The molecule has 0 unspecified atom stereocenters. The monoisotopic (exact) mass is 271 g/mol. The molecule has 5 nitrogen and oxygen atoms in total. The van der Waals surface area contributed by atoms with Crippen molar-refractivity contribution < 1.29 is 9.84 Å². The molecule has 2 N–H and O–H groups in total. The molecule has 0 atom stereocenters. The van der Waals surface area contributed by atoms with Crippen LogP contribution in [-0.4, -0.2) is 46.3 Å². The van der Waals surface area contributed by atoms with Crippen molar-refractivity contribution >= 4 is 17.7 Å². The van der Waals surface area contributed by atoms with E-state index in [4.69, 9.17) is 9.84 Å². The van der Waals surface area contributed by atoms with Gasteiger partial charge in [-0.2, -0.15) is 16.7 Å². The van der Waals surface area contributed by atoms with Crippen LogP contribution in [0.5, 0.6) is 5.88 Å². The molecule has 0 amide bonds. The first-order chi connectivity index (χ1) is 8.86.